The van der Waals surface area contributed by atoms with E-state index in [1.807, 2.05) is 0 Å². The summed E-state index contributed by atoms with van der Waals surface area (Å²) < 4.78 is 0. The number of rotatable bonds is 2. The zero-order valence-corrected chi connectivity index (χ0v) is 4.92. The summed E-state index contributed by atoms with van der Waals surface area (Å²) in [6.07, 6.45) is 1.25. The quantitative estimate of drug-likeness (QED) is 0.562. The molecule has 0 amide bonds. The lowest BCUT2D eigenvalue weighted by Gasteiger charge is -1.97. The topological polar surface area (TPSA) is 37.3 Å². The predicted octanol–water partition coefficient (Wildman–Crippen LogP) is 0.346. The lowest BCUT2D eigenvalue weighted by molar-refractivity contribution is -0.127. The standard InChI is InChI=1S/C6H10O2/c1-4(7)6(8)5-2-3-5/h4-5,7H,2-3H2,1H3/t4-/m0/s1. The Morgan fingerprint density at radius 3 is 2.38 bits per heavy atom. The average molecular weight is 114 g/mol. The van der Waals surface area contributed by atoms with Crippen molar-refractivity contribution < 1.29 is 9.90 Å². The van der Waals surface area contributed by atoms with E-state index in [1.165, 1.54) is 6.92 Å². The maximum Gasteiger partial charge on any atom is 0.164 e. The Labute approximate surface area is 48.5 Å². The van der Waals surface area contributed by atoms with E-state index < -0.39 is 6.10 Å². The molecule has 0 aliphatic heterocycles. The van der Waals surface area contributed by atoms with E-state index in [-0.39, 0.29) is 11.7 Å². The van der Waals surface area contributed by atoms with Gasteiger partial charge in [-0.05, 0) is 19.8 Å². The molecule has 0 heterocycles. The third kappa shape index (κ3) is 1.07. The molecule has 1 atom stereocenters. The van der Waals surface area contributed by atoms with Crippen LogP contribution >= 0.6 is 0 Å². The molecule has 0 bridgehead atoms. The molecule has 0 radical (unpaired) electrons. The van der Waals surface area contributed by atoms with Gasteiger partial charge in [-0.25, -0.2) is 0 Å². The molecule has 46 valence electrons. The molecule has 0 aromatic heterocycles. The summed E-state index contributed by atoms with van der Waals surface area (Å²) in [5, 5.41) is 8.68. The number of Topliss-reactive ketones (excluding diaryl/α,β-unsaturated/α-hetero) is 1. The lowest BCUT2D eigenvalue weighted by Crippen LogP contribution is -2.17. The van der Waals surface area contributed by atoms with Crippen LogP contribution in [-0.2, 0) is 4.79 Å². The maximum absolute atomic E-state index is 10.7. The first kappa shape index (κ1) is 5.76. The molecule has 0 spiro atoms. The number of aliphatic hydroxyl groups is 1. The molecular weight excluding hydrogens is 104 g/mol. The summed E-state index contributed by atoms with van der Waals surface area (Å²) >= 11 is 0. The SMILES string of the molecule is C[C@H](O)C(=O)C1CC1. The summed E-state index contributed by atoms with van der Waals surface area (Å²) in [5.41, 5.74) is 0. The van der Waals surface area contributed by atoms with Crippen LogP contribution in [0.15, 0.2) is 0 Å². The first-order chi connectivity index (χ1) is 3.72. The smallest absolute Gasteiger partial charge is 0.164 e. The van der Waals surface area contributed by atoms with E-state index >= 15 is 0 Å². The van der Waals surface area contributed by atoms with Crippen LogP contribution < -0.4 is 0 Å². The Morgan fingerprint density at radius 1 is 1.75 bits per heavy atom. The van der Waals surface area contributed by atoms with E-state index in [1.54, 1.807) is 0 Å². The van der Waals surface area contributed by atoms with Crippen molar-refractivity contribution in [3.05, 3.63) is 0 Å². The Morgan fingerprint density at radius 2 is 2.25 bits per heavy atom. The van der Waals surface area contributed by atoms with Crippen molar-refractivity contribution in [1.82, 2.24) is 0 Å². The van der Waals surface area contributed by atoms with Crippen LogP contribution in [0.4, 0.5) is 0 Å². The molecule has 1 fully saturated rings. The van der Waals surface area contributed by atoms with Gasteiger partial charge in [-0.2, -0.15) is 0 Å². The molecule has 1 aliphatic rings. The summed E-state index contributed by atoms with van der Waals surface area (Å²) in [6, 6.07) is 0. The van der Waals surface area contributed by atoms with Gasteiger partial charge in [-0.15, -0.1) is 0 Å². The molecular formula is C6H10O2. The summed E-state index contributed by atoms with van der Waals surface area (Å²) in [4.78, 5) is 10.7. The van der Waals surface area contributed by atoms with E-state index in [4.69, 9.17) is 5.11 Å². The van der Waals surface area contributed by atoms with E-state index in [9.17, 15) is 4.79 Å². The molecule has 0 saturated heterocycles. The number of ketones is 1. The molecule has 2 heteroatoms. The highest BCUT2D eigenvalue weighted by molar-refractivity contribution is 5.86. The minimum absolute atomic E-state index is 0.0185. The zero-order chi connectivity index (χ0) is 6.15. The van der Waals surface area contributed by atoms with Gasteiger partial charge in [0.15, 0.2) is 5.78 Å². The van der Waals surface area contributed by atoms with Gasteiger partial charge in [0.05, 0.1) is 0 Å². The first-order valence-electron chi connectivity index (χ1n) is 2.93. The number of carbonyl (C=O) groups excluding carboxylic acids is 1. The zero-order valence-electron chi connectivity index (χ0n) is 4.92. The van der Waals surface area contributed by atoms with Crippen LogP contribution in [0.25, 0.3) is 0 Å². The molecule has 0 unspecified atom stereocenters. The van der Waals surface area contributed by atoms with Crippen LogP contribution in [-0.4, -0.2) is 17.0 Å². The molecule has 1 aliphatic carbocycles. The average Bonchev–Trinajstić information content (AvgIpc) is 2.43. The van der Waals surface area contributed by atoms with Crippen molar-refractivity contribution in [3.8, 4) is 0 Å². The van der Waals surface area contributed by atoms with Gasteiger partial charge in [0, 0.05) is 5.92 Å². The van der Waals surface area contributed by atoms with Crippen molar-refractivity contribution in [2.45, 2.75) is 25.9 Å². The van der Waals surface area contributed by atoms with E-state index in [0.717, 1.165) is 12.8 Å². The highest BCUT2D eigenvalue weighted by Gasteiger charge is 2.31. The third-order valence-corrected chi connectivity index (χ3v) is 1.39. The largest absolute Gasteiger partial charge is 0.386 e. The van der Waals surface area contributed by atoms with Crippen molar-refractivity contribution in [2.24, 2.45) is 5.92 Å². The van der Waals surface area contributed by atoms with Crippen molar-refractivity contribution >= 4 is 5.78 Å². The second-order valence-electron chi connectivity index (χ2n) is 2.35. The fourth-order valence-electron chi connectivity index (χ4n) is 0.709. The van der Waals surface area contributed by atoms with Gasteiger partial charge in [0.1, 0.15) is 6.10 Å². The fraction of sp³-hybridized carbons (Fsp3) is 0.833. The summed E-state index contributed by atoms with van der Waals surface area (Å²) in [7, 11) is 0. The second kappa shape index (κ2) is 1.86. The van der Waals surface area contributed by atoms with Gasteiger partial charge in [-0.3, -0.25) is 4.79 Å². The number of hydrogen-bond donors (Lipinski definition) is 1. The van der Waals surface area contributed by atoms with Crippen molar-refractivity contribution in [2.75, 3.05) is 0 Å². The van der Waals surface area contributed by atoms with Crippen LogP contribution in [0.2, 0.25) is 0 Å². The number of aliphatic hydroxyl groups excluding tert-OH is 1. The normalized spacial score (nSPS) is 22.8. The van der Waals surface area contributed by atoms with Crippen LogP contribution in [0.3, 0.4) is 0 Å². The van der Waals surface area contributed by atoms with Gasteiger partial charge in [-0.1, -0.05) is 0 Å². The predicted molar refractivity (Wildman–Crippen MR) is 29.4 cm³/mol. The van der Waals surface area contributed by atoms with Crippen molar-refractivity contribution in [3.63, 3.8) is 0 Å². The fourth-order valence-corrected chi connectivity index (χ4v) is 0.709. The molecule has 0 aromatic carbocycles. The monoisotopic (exact) mass is 114 g/mol. The molecule has 0 aromatic rings. The van der Waals surface area contributed by atoms with E-state index in [0.29, 0.717) is 0 Å². The lowest BCUT2D eigenvalue weighted by atomic mass is 10.2. The highest BCUT2D eigenvalue weighted by Crippen LogP contribution is 2.30. The van der Waals surface area contributed by atoms with Crippen LogP contribution in [0.5, 0.6) is 0 Å². The highest BCUT2D eigenvalue weighted by atomic mass is 16.3. The number of carbonyl (C=O) groups is 1. The van der Waals surface area contributed by atoms with Gasteiger partial charge in [0.25, 0.3) is 0 Å². The van der Waals surface area contributed by atoms with Gasteiger partial charge in [0.2, 0.25) is 0 Å². The number of hydrogen-bond acceptors (Lipinski definition) is 2. The van der Waals surface area contributed by atoms with E-state index in [2.05, 4.69) is 0 Å². The third-order valence-electron chi connectivity index (χ3n) is 1.39. The Bertz CT molecular complexity index is 99.1. The maximum atomic E-state index is 10.7. The Balaban J connectivity index is 2.33. The Kier molecular flexibility index (Phi) is 1.34. The van der Waals surface area contributed by atoms with Gasteiger partial charge < -0.3 is 5.11 Å². The molecule has 2 nitrogen and oxygen atoms in total. The summed E-state index contributed by atoms with van der Waals surface area (Å²) in [6.45, 7) is 1.53. The minimum Gasteiger partial charge on any atom is -0.386 e. The van der Waals surface area contributed by atoms with Crippen LogP contribution in [0, 0.1) is 5.92 Å². The molecule has 1 N–H and O–H groups in total. The second-order valence-corrected chi connectivity index (χ2v) is 2.35. The molecule has 1 rings (SSSR count). The Hall–Kier alpha value is -0.370. The summed E-state index contributed by atoms with van der Waals surface area (Å²) in [5.74, 6) is 0.222. The van der Waals surface area contributed by atoms with Crippen LogP contribution in [0.1, 0.15) is 19.8 Å². The molecule has 8 heavy (non-hydrogen) atoms. The van der Waals surface area contributed by atoms with Crippen molar-refractivity contribution in [1.29, 1.82) is 0 Å². The molecule has 1 saturated carbocycles. The first-order valence-corrected chi connectivity index (χ1v) is 2.93. The minimum atomic E-state index is -0.734. The van der Waals surface area contributed by atoms with Gasteiger partial charge >= 0.3 is 0 Å².